The molecule has 0 aliphatic heterocycles. The SMILES string of the molecule is Cc1nc(CCNC(=O)Cc2ccsc2)no1. The third-order valence-corrected chi connectivity index (χ3v) is 2.92. The van der Waals surface area contributed by atoms with Gasteiger partial charge in [-0.3, -0.25) is 4.79 Å². The molecule has 0 atom stereocenters. The van der Waals surface area contributed by atoms with Crippen LogP contribution in [0.4, 0.5) is 0 Å². The monoisotopic (exact) mass is 251 g/mol. The van der Waals surface area contributed by atoms with Gasteiger partial charge in [-0.05, 0) is 22.4 Å². The Kier molecular flexibility index (Phi) is 3.87. The largest absolute Gasteiger partial charge is 0.355 e. The number of amides is 1. The predicted octanol–water partition coefficient (Wildman–Crippen LogP) is 1.34. The number of nitrogens with one attached hydrogen (secondary N) is 1. The standard InChI is InChI=1S/C11H13N3O2S/c1-8-13-10(14-16-8)2-4-12-11(15)6-9-3-5-17-7-9/h3,5,7H,2,4,6H2,1H3,(H,12,15). The summed E-state index contributed by atoms with van der Waals surface area (Å²) in [5, 5.41) is 10.5. The zero-order valence-corrected chi connectivity index (χ0v) is 10.3. The number of thiophene rings is 1. The van der Waals surface area contributed by atoms with Crippen molar-refractivity contribution in [2.75, 3.05) is 6.54 Å². The molecule has 2 heterocycles. The lowest BCUT2D eigenvalue weighted by Crippen LogP contribution is -2.27. The summed E-state index contributed by atoms with van der Waals surface area (Å²) < 4.78 is 4.83. The third kappa shape index (κ3) is 3.67. The summed E-state index contributed by atoms with van der Waals surface area (Å²) in [5.74, 6) is 1.19. The van der Waals surface area contributed by atoms with Crippen LogP contribution in [0.3, 0.4) is 0 Å². The highest BCUT2D eigenvalue weighted by molar-refractivity contribution is 7.07. The quantitative estimate of drug-likeness (QED) is 0.870. The van der Waals surface area contributed by atoms with Crippen LogP contribution in [0.15, 0.2) is 21.3 Å². The van der Waals surface area contributed by atoms with Crippen molar-refractivity contribution in [3.8, 4) is 0 Å². The molecule has 6 heteroatoms. The van der Waals surface area contributed by atoms with Gasteiger partial charge >= 0.3 is 0 Å². The Bertz CT molecular complexity index is 479. The van der Waals surface area contributed by atoms with E-state index in [0.29, 0.717) is 31.1 Å². The number of hydrogen-bond acceptors (Lipinski definition) is 5. The van der Waals surface area contributed by atoms with E-state index >= 15 is 0 Å². The predicted molar refractivity (Wildman–Crippen MR) is 63.8 cm³/mol. The van der Waals surface area contributed by atoms with Crippen LogP contribution in [0.25, 0.3) is 0 Å². The second kappa shape index (κ2) is 5.58. The molecule has 5 nitrogen and oxygen atoms in total. The van der Waals surface area contributed by atoms with Crippen molar-refractivity contribution in [1.82, 2.24) is 15.5 Å². The summed E-state index contributed by atoms with van der Waals surface area (Å²) in [6.45, 7) is 2.27. The fraction of sp³-hybridized carbons (Fsp3) is 0.364. The molecule has 2 aromatic rings. The van der Waals surface area contributed by atoms with Gasteiger partial charge in [0.05, 0.1) is 6.42 Å². The molecule has 0 aromatic carbocycles. The van der Waals surface area contributed by atoms with Gasteiger partial charge in [-0.15, -0.1) is 0 Å². The van der Waals surface area contributed by atoms with E-state index in [1.54, 1.807) is 18.3 Å². The molecule has 17 heavy (non-hydrogen) atoms. The number of aromatic nitrogens is 2. The van der Waals surface area contributed by atoms with Crippen LogP contribution in [0.5, 0.6) is 0 Å². The van der Waals surface area contributed by atoms with Crippen molar-refractivity contribution in [2.24, 2.45) is 0 Å². The van der Waals surface area contributed by atoms with Gasteiger partial charge in [0.1, 0.15) is 0 Å². The molecule has 1 amide bonds. The maximum atomic E-state index is 11.5. The Labute approximate surface area is 103 Å². The molecule has 2 rings (SSSR count). The summed E-state index contributed by atoms with van der Waals surface area (Å²) in [6.07, 6.45) is 1.02. The highest BCUT2D eigenvalue weighted by atomic mass is 32.1. The Hall–Kier alpha value is -1.69. The smallest absolute Gasteiger partial charge is 0.224 e. The summed E-state index contributed by atoms with van der Waals surface area (Å²) in [6, 6.07) is 1.95. The lowest BCUT2D eigenvalue weighted by molar-refractivity contribution is -0.120. The molecule has 0 saturated carbocycles. The van der Waals surface area contributed by atoms with Gasteiger partial charge in [0.2, 0.25) is 11.8 Å². The van der Waals surface area contributed by atoms with Gasteiger partial charge in [0, 0.05) is 19.9 Å². The molecule has 0 aliphatic rings. The zero-order chi connectivity index (χ0) is 12.1. The fourth-order valence-electron chi connectivity index (χ4n) is 1.40. The Morgan fingerprint density at radius 1 is 1.59 bits per heavy atom. The fourth-order valence-corrected chi connectivity index (χ4v) is 2.07. The van der Waals surface area contributed by atoms with Gasteiger partial charge < -0.3 is 9.84 Å². The molecule has 0 unspecified atom stereocenters. The van der Waals surface area contributed by atoms with E-state index in [1.807, 2.05) is 16.8 Å². The molecule has 2 aromatic heterocycles. The van der Waals surface area contributed by atoms with Crippen molar-refractivity contribution in [3.63, 3.8) is 0 Å². The number of rotatable bonds is 5. The zero-order valence-electron chi connectivity index (χ0n) is 9.47. The summed E-state index contributed by atoms with van der Waals surface area (Å²) in [5.41, 5.74) is 1.04. The van der Waals surface area contributed by atoms with E-state index in [-0.39, 0.29) is 5.91 Å². The van der Waals surface area contributed by atoms with Crippen LogP contribution >= 0.6 is 11.3 Å². The van der Waals surface area contributed by atoms with Crippen molar-refractivity contribution in [3.05, 3.63) is 34.1 Å². The second-order valence-electron chi connectivity index (χ2n) is 3.64. The number of carbonyl (C=O) groups is 1. The first-order valence-electron chi connectivity index (χ1n) is 5.31. The molecular formula is C11H13N3O2S. The van der Waals surface area contributed by atoms with E-state index in [2.05, 4.69) is 15.5 Å². The van der Waals surface area contributed by atoms with Crippen LogP contribution in [0.1, 0.15) is 17.3 Å². The molecule has 90 valence electrons. The number of aryl methyl sites for hydroxylation is 1. The maximum Gasteiger partial charge on any atom is 0.224 e. The first-order chi connectivity index (χ1) is 8.24. The molecule has 0 spiro atoms. The van der Waals surface area contributed by atoms with Gasteiger partial charge in [-0.2, -0.15) is 16.3 Å². The van der Waals surface area contributed by atoms with Crippen LogP contribution in [-0.2, 0) is 17.6 Å². The minimum absolute atomic E-state index is 0.0172. The number of carbonyl (C=O) groups excluding carboxylic acids is 1. The van der Waals surface area contributed by atoms with Crippen molar-refractivity contribution in [1.29, 1.82) is 0 Å². The second-order valence-corrected chi connectivity index (χ2v) is 4.42. The van der Waals surface area contributed by atoms with E-state index in [4.69, 9.17) is 4.52 Å². The number of hydrogen-bond donors (Lipinski definition) is 1. The summed E-state index contributed by atoms with van der Waals surface area (Å²) in [4.78, 5) is 15.6. The van der Waals surface area contributed by atoms with Crippen molar-refractivity contribution < 1.29 is 9.32 Å². The Morgan fingerprint density at radius 2 is 2.47 bits per heavy atom. The Morgan fingerprint density at radius 3 is 3.12 bits per heavy atom. The lowest BCUT2D eigenvalue weighted by Gasteiger charge is -2.01. The first kappa shape index (κ1) is 11.8. The van der Waals surface area contributed by atoms with Crippen LogP contribution < -0.4 is 5.32 Å². The molecule has 0 fully saturated rings. The Balaban J connectivity index is 1.70. The third-order valence-electron chi connectivity index (χ3n) is 2.19. The van der Waals surface area contributed by atoms with Gasteiger partial charge in [-0.25, -0.2) is 0 Å². The molecule has 1 N–H and O–H groups in total. The molecular weight excluding hydrogens is 238 g/mol. The molecule has 0 aliphatic carbocycles. The van der Waals surface area contributed by atoms with E-state index in [9.17, 15) is 4.79 Å². The first-order valence-corrected chi connectivity index (χ1v) is 6.25. The number of nitrogens with zero attached hydrogens (tertiary/aromatic N) is 2. The minimum atomic E-state index is 0.0172. The van der Waals surface area contributed by atoms with Crippen LogP contribution in [0.2, 0.25) is 0 Å². The minimum Gasteiger partial charge on any atom is -0.355 e. The molecule has 0 saturated heterocycles. The highest BCUT2D eigenvalue weighted by Crippen LogP contribution is 2.06. The summed E-state index contributed by atoms with van der Waals surface area (Å²) >= 11 is 1.59. The van der Waals surface area contributed by atoms with Crippen molar-refractivity contribution >= 4 is 17.2 Å². The maximum absolute atomic E-state index is 11.5. The summed E-state index contributed by atoms with van der Waals surface area (Å²) in [7, 11) is 0. The normalized spacial score (nSPS) is 10.4. The van der Waals surface area contributed by atoms with E-state index in [0.717, 1.165) is 5.56 Å². The van der Waals surface area contributed by atoms with E-state index < -0.39 is 0 Å². The van der Waals surface area contributed by atoms with Crippen molar-refractivity contribution in [2.45, 2.75) is 19.8 Å². The van der Waals surface area contributed by atoms with E-state index in [1.165, 1.54) is 0 Å². The molecule has 0 radical (unpaired) electrons. The highest BCUT2D eigenvalue weighted by Gasteiger charge is 2.05. The van der Waals surface area contributed by atoms with Crippen LogP contribution in [-0.4, -0.2) is 22.6 Å². The van der Waals surface area contributed by atoms with Crippen LogP contribution in [0, 0.1) is 6.92 Å². The molecule has 0 bridgehead atoms. The van der Waals surface area contributed by atoms with Gasteiger partial charge in [-0.1, -0.05) is 5.16 Å². The average Bonchev–Trinajstić information content (AvgIpc) is 2.90. The van der Waals surface area contributed by atoms with Gasteiger partial charge in [0.25, 0.3) is 0 Å². The topological polar surface area (TPSA) is 68.0 Å². The van der Waals surface area contributed by atoms with Gasteiger partial charge in [0.15, 0.2) is 5.82 Å². The average molecular weight is 251 g/mol. The lowest BCUT2D eigenvalue weighted by atomic mass is 10.2.